The standard InChI is InChI=1S/C13H13N5O2/c1-17-8-9(7-14-17)13(19)15-12-6-10(16-18(12)2)11-4-3-5-20-11/h3-8H,1-2H3,(H,15,19). The quantitative estimate of drug-likeness (QED) is 0.786. The van der Waals surface area contributed by atoms with E-state index in [1.807, 2.05) is 6.07 Å². The van der Waals surface area contributed by atoms with Crippen molar-refractivity contribution < 1.29 is 9.21 Å². The van der Waals surface area contributed by atoms with Crippen LogP contribution in [-0.4, -0.2) is 25.5 Å². The number of hydrogen-bond donors (Lipinski definition) is 1. The number of rotatable bonds is 3. The lowest BCUT2D eigenvalue weighted by Gasteiger charge is -2.02. The molecule has 1 N–H and O–H groups in total. The molecule has 3 aromatic rings. The van der Waals surface area contributed by atoms with Crippen LogP contribution in [0, 0.1) is 0 Å². The Bertz CT molecular complexity index is 739. The smallest absolute Gasteiger partial charge is 0.259 e. The molecule has 7 nitrogen and oxygen atoms in total. The van der Waals surface area contributed by atoms with Gasteiger partial charge >= 0.3 is 0 Å². The van der Waals surface area contributed by atoms with E-state index >= 15 is 0 Å². The van der Waals surface area contributed by atoms with Crippen LogP contribution in [0.2, 0.25) is 0 Å². The van der Waals surface area contributed by atoms with E-state index < -0.39 is 0 Å². The van der Waals surface area contributed by atoms with Gasteiger partial charge in [0, 0.05) is 26.4 Å². The van der Waals surface area contributed by atoms with Gasteiger partial charge in [-0.1, -0.05) is 0 Å². The Hall–Kier alpha value is -2.83. The van der Waals surface area contributed by atoms with Crippen LogP contribution in [0.1, 0.15) is 10.4 Å². The van der Waals surface area contributed by atoms with Gasteiger partial charge in [0.25, 0.3) is 5.91 Å². The van der Waals surface area contributed by atoms with Crippen molar-refractivity contribution in [1.29, 1.82) is 0 Å². The number of nitrogens with one attached hydrogen (secondary N) is 1. The fourth-order valence-corrected chi connectivity index (χ4v) is 1.86. The molecule has 20 heavy (non-hydrogen) atoms. The number of anilines is 1. The normalized spacial score (nSPS) is 10.7. The molecule has 1 amide bonds. The van der Waals surface area contributed by atoms with Crippen molar-refractivity contribution in [2.24, 2.45) is 14.1 Å². The Kier molecular flexibility index (Phi) is 2.86. The fourth-order valence-electron chi connectivity index (χ4n) is 1.86. The molecule has 3 rings (SSSR count). The number of carbonyl (C=O) groups excluding carboxylic acids is 1. The first-order valence-electron chi connectivity index (χ1n) is 6.01. The van der Waals surface area contributed by atoms with Gasteiger partial charge < -0.3 is 9.73 Å². The first-order valence-corrected chi connectivity index (χ1v) is 6.01. The first kappa shape index (κ1) is 12.2. The van der Waals surface area contributed by atoms with Crippen molar-refractivity contribution in [3.8, 4) is 11.5 Å². The summed E-state index contributed by atoms with van der Waals surface area (Å²) >= 11 is 0. The van der Waals surface area contributed by atoms with E-state index in [1.165, 1.54) is 6.20 Å². The zero-order chi connectivity index (χ0) is 14.1. The molecule has 0 saturated carbocycles. The van der Waals surface area contributed by atoms with Crippen molar-refractivity contribution in [2.75, 3.05) is 5.32 Å². The molecule has 0 spiro atoms. The van der Waals surface area contributed by atoms with Crippen LogP contribution < -0.4 is 5.32 Å². The highest BCUT2D eigenvalue weighted by Gasteiger charge is 2.13. The second-order valence-electron chi connectivity index (χ2n) is 4.37. The van der Waals surface area contributed by atoms with Gasteiger partial charge in [0.05, 0.1) is 18.0 Å². The van der Waals surface area contributed by atoms with Crippen LogP contribution >= 0.6 is 0 Å². The summed E-state index contributed by atoms with van der Waals surface area (Å²) in [5.41, 5.74) is 1.16. The third kappa shape index (κ3) is 2.20. The minimum atomic E-state index is -0.230. The maximum Gasteiger partial charge on any atom is 0.259 e. The highest BCUT2D eigenvalue weighted by Crippen LogP contribution is 2.21. The van der Waals surface area contributed by atoms with Crippen LogP contribution in [0.4, 0.5) is 5.82 Å². The van der Waals surface area contributed by atoms with Crippen molar-refractivity contribution in [3.05, 3.63) is 42.4 Å². The van der Waals surface area contributed by atoms with Crippen molar-refractivity contribution in [3.63, 3.8) is 0 Å². The van der Waals surface area contributed by atoms with E-state index in [1.54, 1.807) is 48.1 Å². The largest absolute Gasteiger partial charge is 0.463 e. The molecule has 3 heterocycles. The molecule has 0 aromatic carbocycles. The van der Waals surface area contributed by atoms with Gasteiger partial charge in [-0.2, -0.15) is 10.2 Å². The molecule has 102 valence electrons. The summed E-state index contributed by atoms with van der Waals surface area (Å²) in [5.74, 6) is 1.01. The molecular weight excluding hydrogens is 258 g/mol. The Morgan fingerprint density at radius 1 is 1.40 bits per heavy atom. The lowest BCUT2D eigenvalue weighted by atomic mass is 10.3. The molecule has 0 fully saturated rings. The molecule has 0 aliphatic rings. The fraction of sp³-hybridized carbons (Fsp3) is 0.154. The molecule has 0 aliphatic heterocycles. The second kappa shape index (κ2) is 4.69. The number of hydrogen-bond acceptors (Lipinski definition) is 4. The van der Waals surface area contributed by atoms with Crippen LogP contribution in [0.15, 0.2) is 41.3 Å². The van der Waals surface area contributed by atoms with E-state index in [4.69, 9.17) is 4.42 Å². The Morgan fingerprint density at radius 2 is 2.25 bits per heavy atom. The number of furan rings is 1. The molecule has 0 saturated heterocycles. The predicted molar refractivity (Wildman–Crippen MR) is 72.1 cm³/mol. The molecule has 0 bridgehead atoms. The molecule has 0 aliphatic carbocycles. The number of aromatic nitrogens is 4. The van der Waals surface area contributed by atoms with Gasteiger partial charge in [0.1, 0.15) is 11.5 Å². The van der Waals surface area contributed by atoms with Crippen LogP contribution in [-0.2, 0) is 14.1 Å². The zero-order valence-electron chi connectivity index (χ0n) is 11.1. The summed E-state index contributed by atoms with van der Waals surface area (Å²) in [6, 6.07) is 5.36. The third-order valence-corrected chi connectivity index (χ3v) is 2.86. The monoisotopic (exact) mass is 271 g/mol. The molecule has 0 radical (unpaired) electrons. The van der Waals surface area contributed by atoms with E-state index in [2.05, 4.69) is 15.5 Å². The van der Waals surface area contributed by atoms with Gasteiger partial charge in [-0.05, 0) is 12.1 Å². The Balaban J connectivity index is 1.83. The van der Waals surface area contributed by atoms with E-state index in [-0.39, 0.29) is 5.91 Å². The number of amides is 1. The Morgan fingerprint density at radius 3 is 2.90 bits per heavy atom. The number of nitrogens with zero attached hydrogens (tertiary/aromatic N) is 4. The molecule has 3 aromatic heterocycles. The minimum absolute atomic E-state index is 0.230. The van der Waals surface area contributed by atoms with Gasteiger partial charge in [-0.15, -0.1) is 0 Å². The van der Waals surface area contributed by atoms with Crippen LogP contribution in [0.5, 0.6) is 0 Å². The summed E-state index contributed by atoms with van der Waals surface area (Å²) in [5, 5.41) is 11.0. The predicted octanol–water partition coefficient (Wildman–Crippen LogP) is 1.67. The molecular formula is C13H13N5O2. The SMILES string of the molecule is Cn1cc(C(=O)Nc2cc(-c3ccco3)nn2C)cn1. The number of aryl methyl sites for hydroxylation is 2. The summed E-state index contributed by atoms with van der Waals surface area (Å²) in [4.78, 5) is 12.0. The lowest BCUT2D eigenvalue weighted by Crippen LogP contribution is -2.13. The highest BCUT2D eigenvalue weighted by molar-refractivity contribution is 6.03. The van der Waals surface area contributed by atoms with Crippen LogP contribution in [0.25, 0.3) is 11.5 Å². The topological polar surface area (TPSA) is 77.9 Å². The average molecular weight is 271 g/mol. The van der Waals surface area contributed by atoms with Gasteiger partial charge in [0.2, 0.25) is 0 Å². The van der Waals surface area contributed by atoms with Gasteiger partial charge in [-0.25, -0.2) is 0 Å². The summed E-state index contributed by atoms with van der Waals surface area (Å²) in [6.45, 7) is 0. The van der Waals surface area contributed by atoms with Crippen molar-refractivity contribution in [1.82, 2.24) is 19.6 Å². The van der Waals surface area contributed by atoms with Crippen molar-refractivity contribution in [2.45, 2.75) is 0 Å². The number of carbonyl (C=O) groups is 1. The summed E-state index contributed by atoms with van der Waals surface area (Å²) < 4.78 is 8.44. The molecule has 0 unspecified atom stereocenters. The summed E-state index contributed by atoms with van der Waals surface area (Å²) in [7, 11) is 3.52. The third-order valence-electron chi connectivity index (χ3n) is 2.86. The van der Waals surface area contributed by atoms with E-state index in [0.717, 1.165) is 0 Å². The molecule has 0 atom stereocenters. The van der Waals surface area contributed by atoms with E-state index in [0.29, 0.717) is 22.8 Å². The second-order valence-corrected chi connectivity index (χ2v) is 4.37. The van der Waals surface area contributed by atoms with Crippen molar-refractivity contribution >= 4 is 11.7 Å². The maximum absolute atomic E-state index is 12.0. The van der Waals surface area contributed by atoms with E-state index in [9.17, 15) is 4.79 Å². The molecule has 7 heteroatoms. The van der Waals surface area contributed by atoms with Gasteiger partial charge in [0.15, 0.2) is 5.76 Å². The first-order chi connectivity index (χ1) is 9.63. The zero-order valence-corrected chi connectivity index (χ0v) is 11.1. The highest BCUT2D eigenvalue weighted by atomic mass is 16.3. The maximum atomic E-state index is 12.0. The lowest BCUT2D eigenvalue weighted by molar-refractivity contribution is 0.102. The van der Waals surface area contributed by atoms with Crippen LogP contribution in [0.3, 0.4) is 0 Å². The van der Waals surface area contributed by atoms with Gasteiger partial charge in [-0.3, -0.25) is 14.2 Å². The Labute approximate surface area is 114 Å². The summed E-state index contributed by atoms with van der Waals surface area (Å²) in [6.07, 6.45) is 4.75. The average Bonchev–Trinajstić information content (AvgIpc) is 3.11. The minimum Gasteiger partial charge on any atom is -0.463 e.